The maximum atomic E-state index is 11.6. The maximum Gasteiger partial charge on any atom is 0.267 e. The van der Waals surface area contributed by atoms with E-state index in [2.05, 4.69) is 28.8 Å². The fourth-order valence-corrected chi connectivity index (χ4v) is 2.48. The number of aromatic nitrogens is 2. The van der Waals surface area contributed by atoms with Crippen LogP contribution < -0.4 is 15.6 Å². The second-order valence-corrected chi connectivity index (χ2v) is 5.11. The van der Waals surface area contributed by atoms with Crippen molar-refractivity contribution < 1.29 is 4.74 Å². The topological polar surface area (TPSA) is 56.1 Å². The molecule has 1 atom stereocenters. The van der Waals surface area contributed by atoms with Gasteiger partial charge in [-0.15, -0.1) is 16.4 Å². The number of nitrogens with one attached hydrogen (secondary N) is 1. The van der Waals surface area contributed by atoms with Crippen LogP contribution in [0.5, 0.6) is 5.88 Å². The summed E-state index contributed by atoms with van der Waals surface area (Å²) in [7, 11) is 1.54. The average Bonchev–Trinajstić information content (AvgIpc) is 2.95. The van der Waals surface area contributed by atoms with E-state index in [1.54, 1.807) is 17.4 Å². The van der Waals surface area contributed by atoms with E-state index in [0.29, 0.717) is 19.0 Å². The second-order valence-electron chi connectivity index (χ2n) is 4.13. The second kappa shape index (κ2) is 6.49. The fourth-order valence-electron chi connectivity index (χ4n) is 1.72. The number of nitrogens with zero attached hydrogens (tertiary/aromatic N) is 2. The highest BCUT2D eigenvalue weighted by Crippen LogP contribution is 2.17. The number of hydrogen-bond donors (Lipinski definition) is 1. The Morgan fingerprint density at radius 3 is 3.00 bits per heavy atom. The van der Waals surface area contributed by atoms with Gasteiger partial charge in [-0.2, -0.15) is 0 Å². The van der Waals surface area contributed by atoms with Gasteiger partial charge < -0.3 is 10.1 Å². The first kappa shape index (κ1) is 13.8. The van der Waals surface area contributed by atoms with Crippen molar-refractivity contribution in [2.75, 3.05) is 13.7 Å². The Hall–Kier alpha value is -1.66. The molecule has 0 fully saturated rings. The minimum atomic E-state index is -0.119. The molecule has 0 aromatic carbocycles. The van der Waals surface area contributed by atoms with E-state index >= 15 is 0 Å². The van der Waals surface area contributed by atoms with Crippen LogP contribution in [0.25, 0.3) is 0 Å². The molecule has 0 spiro atoms. The lowest BCUT2D eigenvalue weighted by molar-refractivity contribution is 0.372. The first-order valence-corrected chi connectivity index (χ1v) is 6.97. The van der Waals surface area contributed by atoms with Crippen LogP contribution in [-0.2, 0) is 6.54 Å². The highest BCUT2D eigenvalue weighted by atomic mass is 32.1. The molecule has 1 N–H and O–H groups in total. The van der Waals surface area contributed by atoms with E-state index in [1.807, 2.05) is 6.07 Å². The molecule has 0 aliphatic rings. The molecular formula is C13H17N3O2S. The zero-order valence-electron chi connectivity index (χ0n) is 11.0. The van der Waals surface area contributed by atoms with E-state index in [9.17, 15) is 4.79 Å². The third kappa shape index (κ3) is 3.65. The summed E-state index contributed by atoms with van der Waals surface area (Å²) in [5.74, 6) is 0.450. The largest absolute Gasteiger partial charge is 0.480 e. The minimum absolute atomic E-state index is 0.119. The molecule has 1 unspecified atom stereocenters. The van der Waals surface area contributed by atoms with Gasteiger partial charge in [-0.05, 0) is 18.4 Å². The van der Waals surface area contributed by atoms with Crippen molar-refractivity contribution in [3.05, 3.63) is 44.9 Å². The van der Waals surface area contributed by atoms with Crippen LogP contribution in [-0.4, -0.2) is 23.4 Å². The molecule has 2 heterocycles. The third-order valence-electron chi connectivity index (χ3n) is 2.80. The molecule has 0 bridgehead atoms. The number of ether oxygens (including phenoxy) is 1. The lowest BCUT2D eigenvalue weighted by Gasteiger charge is -2.12. The minimum Gasteiger partial charge on any atom is -0.480 e. The summed E-state index contributed by atoms with van der Waals surface area (Å²) in [5.41, 5.74) is -0.119. The molecule has 0 aliphatic heterocycles. The monoisotopic (exact) mass is 279 g/mol. The van der Waals surface area contributed by atoms with Crippen molar-refractivity contribution in [2.45, 2.75) is 19.5 Å². The van der Waals surface area contributed by atoms with Crippen LogP contribution in [0.3, 0.4) is 0 Å². The quantitative estimate of drug-likeness (QED) is 0.874. The standard InChI is InChI=1S/C13H17N3O2S/c1-10(11-4-3-9-19-11)14-7-8-16-13(17)6-5-12(15-16)18-2/h3-6,9-10,14H,7-8H2,1-2H3. The molecule has 0 saturated carbocycles. The van der Waals surface area contributed by atoms with Crippen LogP contribution in [0.15, 0.2) is 34.4 Å². The summed E-state index contributed by atoms with van der Waals surface area (Å²) in [4.78, 5) is 12.9. The maximum absolute atomic E-state index is 11.6. The Morgan fingerprint density at radius 1 is 1.47 bits per heavy atom. The molecule has 102 valence electrons. The summed E-state index contributed by atoms with van der Waals surface area (Å²) in [6.45, 7) is 3.30. The smallest absolute Gasteiger partial charge is 0.267 e. The van der Waals surface area contributed by atoms with Crippen molar-refractivity contribution >= 4 is 11.3 Å². The summed E-state index contributed by atoms with van der Waals surface area (Å²) >= 11 is 1.72. The lowest BCUT2D eigenvalue weighted by Crippen LogP contribution is -2.29. The summed E-state index contributed by atoms with van der Waals surface area (Å²) < 4.78 is 6.42. The van der Waals surface area contributed by atoms with E-state index in [0.717, 1.165) is 0 Å². The molecule has 0 aliphatic carbocycles. The van der Waals surface area contributed by atoms with Crippen molar-refractivity contribution in [2.24, 2.45) is 0 Å². The molecule has 0 radical (unpaired) electrons. The van der Waals surface area contributed by atoms with Crippen molar-refractivity contribution in [3.8, 4) is 5.88 Å². The molecule has 2 aromatic rings. The van der Waals surface area contributed by atoms with Crippen LogP contribution in [0.1, 0.15) is 17.8 Å². The fraction of sp³-hybridized carbons (Fsp3) is 0.385. The van der Waals surface area contributed by atoms with Crippen LogP contribution >= 0.6 is 11.3 Å². The van der Waals surface area contributed by atoms with Gasteiger partial charge in [-0.3, -0.25) is 4.79 Å². The van der Waals surface area contributed by atoms with Gasteiger partial charge in [0.2, 0.25) is 5.88 Å². The predicted molar refractivity (Wildman–Crippen MR) is 75.8 cm³/mol. The average molecular weight is 279 g/mol. The zero-order valence-corrected chi connectivity index (χ0v) is 11.8. The van der Waals surface area contributed by atoms with Crippen LogP contribution in [0.2, 0.25) is 0 Å². The normalized spacial score (nSPS) is 12.3. The molecular weight excluding hydrogens is 262 g/mol. The Balaban J connectivity index is 1.90. The number of methoxy groups -OCH3 is 1. The number of rotatable bonds is 6. The van der Waals surface area contributed by atoms with Gasteiger partial charge in [-0.1, -0.05) is 6.07 Å². The Kier molecular flexibility index (Phi) is 4.70. The van der Waals surface area contributed by atoms with Crippen molar-refractivity contribution in [1.29, 1.82) is 0 Å². The molecule has 5 nitrogen and oxygen atoms in total. The first-order chi connectivity index (χ1) is 9.20. The van der Waals surface area contributed by atoms with Crippen molar-refractivity contribution in [1.82, 2.24) is 15.1 Å². The third-order valence-corrected chi connectivity index (χ3v) is 3.85. The van der Waals surface area contributed by atoms with E-state index < -0.39 is 0 Å². The molecule has 0 amide bonds. The highest BCUT2D eigenvalue weighted by molar-refractivity contribution is 7.10. The van der Waals surface area contributed by atoms with Crippen LogP contribution in [0.4, 0.5) is 0 Å². The lowest BCUT2D eigenvalue weighted by atomic mass is 10.3. The van der Waals surface area contributed by atoms with Gasteiger partial charge >= 0.3 is 0 Å². The molecule has 2 aromatic heterocycles. The van der Waals surface area contributed by atoms with Gasteiger partial charge in [0.05, 0.1) is 13.7 Å². The highest BCUT2D eigenvalue weighted by Gasteiger charge is 2.06. The van der Waals surface area contributed by atoms with Gasteiger partial charge in [0.15, 0.2) is 0 Å². The van der Waals surface area contributed by atoms with Crippen LogP contribution in [0, 0.1) is 0 Å². The van der Waals surface area contributed by atoms with E-state index in [1.165, 1.54) is 22.7 Å². The zero-order chi connectivity index (χ0) is 13.7. The van der Waals surface area contributed by atoms with Gasteiger partial charge in [0, 0.05) is 29.6 Å². The summed E-state index contributed by atoms with van der Waals surface area (Å²) in [5, 5.41) is 9.52. The molecule has 0 saturated heterocycles. The summed E-state index contributed by atoms with van der Waals surface area (Å²) in [6, 6.07) is 7.45. The SMILES string of the molecule is COc1ccc(=O)n(CCNC(C)c2cccs2)n1. The number of thiophene rings is 1. The van der Waals surface area contributed by atoms with Gasteiger partial charge in [-0.25, -0.2) is 4.68 Å². The van der Waals surface area contributed by atoms with E-state index in [4.69, 9.17) is 4.74 Å². The molecule has 19 heavy (non-hydrogen) atoms. The van der Waals surface area contributed by atoms with Gasteiger partial charge in [0.1, 0.15) is 0 Å². The van der Waals surface area contributed by atoms with E-state index in [-0.39, 0.29) is 11.6 Å². The number of hydrogen-bond acceptors (Lipinski definition) is 5. The Morgan fingerprint density at radius 2 is 2.32 bits per heavy atom. The Bertz CT molecular complexity index is 566. The van der Waals surface area contributed by atoms with Gasteiger partial charge in [0.25, 0.3) is 5.56 Å². The van der Waals surface area contributed by atoms with Crippen molar-refractivity contribution in [3.63, 3.8) is 0 Å². The molecule has 2 rings (SSSR count). The first-order valence-electron chi connectivity index (χ1n) is 6.09. The summed E-state index contributed by atoms with van der Waals surface area (Å²) in [6.07, 6.45) is 0. The Labute approximate surface area is 115 Å². The molecule has 6 heteroatoms. The predicted octanol–water partition coefficient (Wildman–Crippen LogP) is 1.66.